The lowest BCUT2D eigenvalue weighted by Crippen LogP contribution is -2.18. The Morgan fingerprint density at radius 1 is 1.21 bits per heavy atom. The largest absolute Gasteiger partial charge is 0.357 e. The van der Waals surface area contributed by atoms with Gasteiger partial charge in [0.05, 0.1) is 23.6 Å². The van der Waals surface area contributed by atoms with Gasteiger partial charge in [0.15, 0.2) is 23.3 Å². The SMILES string of the molecule is O=C(Nc1cnn([C@@H]2CCCCO2)c1)c1cc(F)c(F)c(F)c1F. The maximum atomic E-state index is 13.6. The van der Waals surface area contributed by atoms with Crippen molar-refractivity contribution < 1.29 is 27.1 Å². The number of carbonyl (C=O) groups is 1. The number of halogens is 4. The predicted molar refractivity (Wildman–Crippen MR) is 75.3 cm³/mol. The van der Waals surface area contributed by atoms with Gasteiger partial charge in [-0.1, -0.05) is 0 Å². The lowest BCUT2D eigenvalue weighted by Gasteiger charge is -2.22. The maximum Gasteiger partial charge on any atom is 0.258 e. The van der Waals surface area contributed by atoms with E-state index >= 15 is 0 Å². The molecular weight excluding hydrogens is 330 g/mol. The molecule has 128 valence electrons. The molecule has 0 bridgehead atoms. The van der Waals surface area contributed by atoms with Crippen LogP contribution in [0.3, 0.4) is 0 Å². The Bertz CT molecular complexity index is 772. The summed E-state index contributed by atoms with van der Waals surface area (Å²) in [5.74, 6) is -8.52. The van der Waals surface area contributed by atoms with Crippen molar-refractivity contribution in [1.29, 1.82) is 0 Å². The molecule has 0 unspecified atom stereocenters. The number of nitrogens with one attached hydrogen (secondary N) is 1. The van der Waals surface area contributed by atoms with Gasteiger partial charge in [0.1, 0.15) is 6.23 Å². The summed E-state index contributed by atoms with van der Waals surface area (Å²) in [5, 5.41) is 6.29. The van der Waals surface area contributed by atoms with E-state index in [9.17, 15) is 22.4 Å². The summed E-state index contributed by atoms with van der Waals surface area (Å²) in [5.41, 5.74) is -0.744. The third-order valence-corrected chi connectivity index (χ3v) is 3.66. The molecule has 0 saturated carbocycles. The lowest BCUT2D eigenvalue weighted by atomic mass is 10.1. The van der Waals surface area contributed by atoms with Crippen molar-refractivity contribution in [3.05, 3.63) is 47.3 Å². The molecule has 24 heavy (non-hydrogen) atoms. The quantitative estimate of drug-likeness (QED) is 0.528. The number of nitrogens with zero attached hydrogens (tertiary/aromatic N) is 2. The highest BCUT2D eigenvalue weighted by atomic mass is 19.2. The second-order valence-corrected chi connectivity index (χ2v) is 5.33. The monoisotopic (exact) mass is 343 g/mol. The zero-order chi connectivity index (χ0) is 17.3. The van der Waals surface area contributed by atoms with E-state index in [0.717, 1.165) is 19.3 Å². The summed E-state index contributed by atoms with van der Waals surface area (Å²) in [6, 6.07) is 0.303. The third kappa shape index (κ3) is 3.12. The first kappa shape index (κ1) is 16.4. The van der Waals surface area contributed by atoms with Crippen molar-refractivity contribution in [3.8, 4) is 0 Å². The van der Waals surface area contributed by atoms with Crippen LogP contribution in [0.1, 0.15) is 35.8 Å². The van der Waals surface area contributed by atoms with Crippen LogP contribution in [-0.2, 0) is 4.74 Å². The van der Waals surface area contributed by atoms with Crippen LogP contribution in [0.2, 0.25) is 0 Å². The zero-order valence-electron chi connectivity index (χ0n) is 12.4. The number of amides is 1. The Kier molecular flexibility index (Phi) is 4.52. The number of hydrogen-bond donors (Lipinski definition) is 1. The van der Waals surface area contributed by atoms with Gasteiger partial charge in [-0.2, -0.15) is 5.10 Å². The summed E-state index contributed by atoms with van der Waals surface area (Å²) >= 11 is 0. The summed E-state index contributed by atoms with van der Waals surface area (Å²) in [4.78, 5) is 12.0. The van der Waals surface area contributed by atoms with E-state index in [1.54, 1.807) is 0 Å². The molecule has 1 aromatic heterocycles. The van der Waals surface area contributed by atoms with Gasteiger partial charge in [-0.25, -0.2) is 22.2 Å². The molecule has 1 amide bonds. The smallest absolute Gasteiger partial charge is 0.258 e. The highest BCUT2D eigenvalue weighted by Gasteiger charge is 2.24. The number of aromatic nitrogens is 2. The Balaban J connectivity index is 1.77. The van der Waals surface area contributed by atoms with Crippen molar-refractivity contribution in [2.45, 2.75) is 25.5 Å². The highest BCUT2D eigenvalue weighted by molar-refractivity contribution is 6.04. The molecule has 1 N–H and O–H groups in total. The molecule has 1 saturated heterocycles. The fourth-order valence-corrected chi connectivity index (χ4v) is 2.43. The zero-order valence-corrected chi connectivity index (χ0v) is 12.4. The van der Waals surface area contributed by atoms with Crippen molar-refractivity contribution in [1.82, 2.24) is 9.78 Å². The topological polar surface area (TPSA) is 56.2 Å². The van der Waals surface area contributed by atoms with Gasteiger partial charge in [-0.15, -0.1) is 0 Å². The Morgan fingerprint density at radius 2 is 2.00 bits per heavy atom. The van der Waals surface area contributed by atoms with E-state index in [4.69, 9.17) is 4.74 Å². The Morgan fingerprint density at radius 3 is 2.71 bits per heavy atom. The average Bonchev–Trinajstić information content (AvgIpc) is 3.05. The fourth-order valence-electron chi connectivity index (χ4n) is 2.43. The van der Waals surface area contributed by atoms with Crippen LogP contribution in [0.25, 0.3) is 0 Å². The number of carbonyl (C=O) groups excluding carboxylic acids is 1. The molecule has 1 aliphatic heterocycles. The summed E-state index contributed by atoms with van der Waals surface area (Å²) in [7, 11) is 0. The molecule has 2 heterocycles. The molecule has 1 aromatic carbocycles. The molecular formula is C15H13F4N3O2. The first-order valence-corrected chi connectivity index (χ1v) is 7.27. The highest BCUT2D eigenvalue weighted by Crippen LogP contribution is 2.24. The van der Waals surface area contributed by atoms with E-state index in [0.29, 0.717) is 12.7 Å². The predicted octanol–water partition coefficient (Wildman–Crippen LogP) is 3.39. The summed E-state index contributed by atoms with van der Waals surface area (Å²) < 4.78 is 59.9. The van der Waals surface area contributed by atoms with Gasteiger partial charge in [0.2, 0.25) is 0 Å². The molecule has 1 fully saturated rings. The number of hydrogen-bond acceptors (Lipinski definition) is 3. The molecule has 0 spiro atoms. The van der Waals surface area contributed by atoms with Crippen LogP contribution in [0, 0.1) is 23.3 Å². The Hall–Kier alpha value is -2.42. The molecule has 9 heteroatoms. The van der Waals surface area contributed by atoms with Crippen LogP contribution < -0.4 is 5.32 Å². The molecule has 1 aliphatic rings. The minimum Gasteiger partial charge on any atom is -0.357 e. The van der Waals surface area contributed by atoms with Gasteiger partial charge < -0.3 is 10.1 Å². The van der Waals surface area contributed by atoms with Gasteiger partial charge in [-0.05, 0) is 25.3 Å². The van der Waals surface area contributed by atoms with Crippen LogP contribution >= 0.6 is 0 Å². The van der Waals surface area contributed by atoms with Gasteiger partial charge in [-0.3, -0.25) is 4.79 Å². The normalized spacial score (nSPS) is 17.8. The van der Waals surface area contributed by atoms with Crippen LogP contribution in [0.5, 0.6) is 0 Å². The number of anilines is 1. The van der Waals surface area contributed by atoms with E-state index in [1.807, 2.05) is 0 Å². The fraction of sp³-hybridized carbons (Fsp3) is 0.333. The third-order valence-electron chi connectivity index (χ3n) is 3.66. The molecule has 0 aliphatic carbocycles. The standard InChI is InChI=1S/C15H13F4N3O2/c16-10-5-9(12(17)14(19)13(10)18)15(23)21-8-6-20-22(7-8)11-3-1-2-4-24-11/h5-7,11H,1-4H2,(H,21,23)/t11-/m0/s1. The first-order valence-electron chi connectivity index (χ1n) is 7.27. The van der Waals surface area contributed by atoms with E-state index in [2.05, 4.69) is 10.4 Å². The lowest BCUT2D eigenvalue weighted by molar-refractivity contribution is -0.0394. The Labute approximate surface area is 134 Å². The minimum atomic E-state index is -2.04. The number of benzene rings is 1. The van der Waals surface area contributed by atoms with Crippen molar-refractivity contribution in [3.63, 3.8) is 0 Å². The maximum absolute atomic E-state index is 13.6. The number of rotatable bonds is 3. The average molecular weight is 343 g/mol. The van der Waals surface area contributed by atoms with E-state index < -0.39 is 34.7 Å². The van der Waals surface area contributed by atoms with Crippen LogP contribution in [0.15, 0.2) is 18.5 Å². The summed E-state index contributed by atoms with van der Waals surface area (Å²) in [6.07, 6.45) is 5.19. The first-order chi connectivity index (χ1) is 11.5. The van der Waals surface area contributed by atoms with Crippen molar-refractivity contribution in [2.24, 2.45) is 0 Å². The molecule has 3 rings (SSSR count). The second-order valence-electron chi connectivity index (χ2n) is 5.33. The van der Waals surface area contributed by atoms with Gasteiger partial charge in [0.25, 0.3) is 5.91 Å². The van der Waals surface area contributed by atoms with Gasteiger partial charge >= 0.3 is 0 Å². The molecule has 5 nitrogen and oxygen atoms in total. The number of ether oxygens (including phenoxy) is 1. The minimum absolute atomic E-state index is 0.193. The molecule has 2 aromatic rings. The van der Waals surface area contributed by atoms with Crippen molar-refractivity contribution in [2.75, 3.05) is 11.9 Å². The van der Waals surface area contributed by atoms with E-state index in [1.165, 1.54) is 17.1 Å². The van der Waals surface area contributed by atoms with Crippen molar-refractivity contribution >= 4 is 11.6 Å². The van der Waals surface area contributed by atoms with Crippen LogP contribution in [0.4, 0.5) is 23.2 Å². The molecule has 1 atom stereocenters. The summed E-state index contributed by atoms with van der Waals surface area (Å²) in [6.45, 7) is 0.603. The van der Waals surface area contributed by atoms with E-state index in [-0.39, 0.29) is 11.9 Å². The van der Waals surface area contributed by atoms with Crippen LogP contribution in [-0.4, -0.2) is 22.3 Å². The van der Waals surface area contributed by atoms with Gasteiger partial charge in [0, 0.05) is 6.61 Å². The molecule has 0 radical (unpaired) electrons. The second kappa shape index (κ2) is 6.60.